The highest BCUT2D eigenvalue weighted by molar-refractivity contribution is 8.07. The predicted molar refractivity (Wildman–Crippen MR) is 85.6 cm³/mol. The van der Waals surface area contributed by atoms with Crippen LogP contribution in [0.4, 0.5) is 8.78 Å². The zero-order valence-electron chi connectivity index (χ0n) is 11.9. The molecule has 0 bridgehead atoms. The van der Waals surface area contributed by atoms with Gasteiger partial charge in [0, 0.05) is 27.6 Å². The molecule has 1 aliphatic rings. The average Bonchev–Trinajstić information content (AvgIpc) is 2.46. The number of rotatable bonds is 5. The van der Waals surface area contributed by atoms with E-state index in [4.69, 9.17) is 0 Å². The van der Waals surface area contributed by atoms with Crippen LogP contribution in [0.15, 0.2) is 18.2 Å². The van der Waals surface area contributed by atoms with E-state index in [9.17, 15) is 8.78 Å². The minimum atomic E-state index is -0.443. The molecular weight excluding hydrogens is 296 g/mol. The van der Waals surface area contributed by atoms with Crippen molar-refractivity contribution in [3.63, 3.8) is 0 Å². The van der Waals surface area contributed by atoms with Gasteiger partial charge in [-0.15, -0.1) is 0 Å². The molecule has 20 heavy (non-hydrogen) atoms. The minimum Gasteiger partial charge on any atom is -0.309 e. The van der Waals surface area contributed by atoms with E-state index in [-0.39, 0.29) is 16.9 Å². The molecular formula is C15H21F2NS2. The van der Waals surface area contributed by atoms with Gasteiger partial charge in [0.15, 0.2) is 0 Å². The van der Waals surface area contributed by atoms with Gasteiger partial charge in [-0.05, 0) is 25.1 Å². The number of halogens is 2. The lowest BCUT2D eigenvalue weighted by Crippen LogP contribution is -2.39. The van der Waals surface area contributed by atoms with E-state index in [1.807, 2.05) is 30.4 Å². The summed E-state index contributed by atoms with van der Waals surface area (Å²) in [6.07, 6.45) is 1.03. The molecule has 1 fully saturated rings. The van der Waals surface area contributed by atoms with E-state index in [1.165, 1.54) is 18.2 Å². The smallest absolute Gasteiger partial charge is 0.130 e. The van der Waals surface area contributed by atoms with Crippen molar-refractivity contribution in [3.8, 4) is 0 Å². The normalized spacial score (nSPS) is 24.6. The number of thioether (sulfide) groups is 2. The van der Waals surface area contributed by atoms with Crippen LogP contribution < -0.4 is 5.32 Å². The molecule has 0 aliphatic carbocycles. The average molecular weight is 317 g/mol. The van der Waals surface area contributed by atoms with Crippen molar-refractivity contribution in [1.29, 1.82) is 0 Å². The SMILES string of the molecule is CCNC(c1c(F)cccc1F)C1SCCSC1CC. The van der Waals surface area contributed by atoms with Crippen LogP contribution in [0.25, 0.3) is 0 Å². The molecule has 1 heterocycles. The summed E-state index contributed by atoms with van der Waals surface area (Å²) in [6.45, 7) is 4.83. The molecule has 1 aromatic carbocycles. The fourth-order valence-electron chi connectivity index (χ4n) is 2.66. The Balaban J connectivity index is 2.34. The van der Waals surface area contributed by atoms with E-state index in [0.717, 1.165) is 17.9 Å². The summed E-state index contributed by atoms with van der Waals surface area (Å²) in [6, 6.07) is 3.87. The maximum atomic E-state index is 14.1. The number of benzene rings is 1. The van der Waals surface area contributed by atoms with Gasteiger partial charge in [-0.1, -0.05) is 19.9 Å². The van der Waals surface area contributed by atoms with Crippen LogP contribution in [-0.2, 0) is 0 Å². The van der Waals surface area contributed by atoms with Gasteiger partial charge in [0.25, 0.3) is 0 Å². The molecule has 0 saturated carbocycles. The maximum absolute atomic E-state index is 14.1. The van der Waals surface area contributed by atoms with Crippen LogP contribution in [0.3, 0.4) is 0 Å². The summed E-state index contributed by atoms with van der Waals surface area (Å²) < 4.78 is 28.2. The lowest BCUT2D eigenvalue weighted by Gasteiger charge is -2.36. The second kappa shape index (κ2) is 7.66. The van der Waals surface area contributed by atoms with E-state index in [1.54, 1.807) is 0 Å². The van der Waals surface area contributed by atoms with Crippen LogP contribution in [-0.4, -0.2) is 28.6 Å². The summed E-state index contributed by atoms with van der Waals surface area (Å²) >= 11 is 3.77. The monoisotopic (exact) mass is 317 g/mol. The van der Waals surface area contributed by atoms with Crippen molar-refractivity contribution >= 4 is 23.5 Å². The highest BCUT2D eigenvalue weighted by Crippen LogP contribution is 2.41. The largest absolute Gasteiger partial charge is 0.309 e. The second-order valence-corrected chi connectivity index (χ2v) is 7.46. The zero-order chi connectivity index (χ0) is 14.5. The van der Waals surface area contributed by atoms with Gasteiger partial charge in [0.2, 0.25) is 0 Å². The van der Waals surface area contributed by atoms with Crippen molar-refractivity contribution < 1.29 is 8.78 Å². The van der Waals surface area contributed by atoms with Crippen molar-refractivity contribution in [2.45, 2.75) is 36.8 Å². The van der Waals surface area contributed by atoms with Crippen molar-refractivity contribution in [2.75, 3.05) is 18.1 Å². The molecule has 5 heteroatoms. The molecule has 0 aromatic heterocycles. The highest BCUT2D eigenvalue weighted by Gasteiger charge is 2.35. The Bertz CT molecular complexity index is 422. The van der Waals surface area contributed by atoms with Crippen LogP contribution in [0, 0.1) is 11.6 Å². The first-order chi connectivity index (χ1) is 9.69. The molecule has 1 nitrogen and oxygen atoms in total. The third-order valence-electron chi connectivity index (χ3n) is 3.56. The molecule has 3 atom stereocenters. The second-order valence-electron chi connectivity index (χ2n) is 4.82. The van der Waals surface area contributed by atoms with E-state index in [2.05, 4.69) is 12.2 Å². The highest BCUT2D eigenvalue weighted by atomic mass is 32.2. The maximum Gasteiger partial charge on any atom is 0.130 e. The molecule has 1 aliphatic heterocycles. The summed E-state index contributed by atoms with van der Waals surface area (Å²) in [5.41, 5.74) is 0.202. The third-order valence-corrected chi connectivity index (χ3v) is 6.91. The lowest BCUT2D eigenvalue weighted by molar-refractivity contribution is 0.455. The summed E-state index contributed by atoms with van der Waals surface area (Å²) in [5, 5.41) is 3.95. The van der Waals surface area contributed by atoms with Gasteiger partial charge in [0.05, 0.1) is 6.04 Å². The molecule has 0 radical (unpaired) electrons. The first-order valence-corrected chi connectivity index (χ1v) is 9.19. The number of hydrogen-bond donors (Lipinski definition) is 1. The Labute approximate surface area is 128 Å². The Hall–Kier alpha value is -0.260. The lowest BCUT2D eigenvalue weighted by atomic mass is 9.99. The Morgan fingerprint density at radius 3 is 2.45 bits per heavy atom. The van der Waals surface area contributed by atoms with E-state index < -0.39 is 11.6 Å². The van der Waals surface area contributed by atoms with Crippen LogP contribution in [0.2, 0.25) is 0 Å². The number of nitrogens with one attached hydrogen (secondary N) is 1. The number of hydrogen-bond acceptors (Lipinski definition) is 3. The van der Waals surface area contributed by atoms with Crippen molar-refractivity contribution in [2.24, 2.45) is 0 Å². The van der Waals surface area contributed by atoms with E-state index >= 15 is 0 Å². The third kappa shape index (κ3) is 3.49. The molecule has 2 rings (SSSR count). The predicted octanol–water partition coefficient (Wildman–Crippen LogP) is 4.24. The standard InChI is InChI=1S/C15H21F2NS2/c1-3-12-15(20-9-8-19-12)14(18-4-2)13-10(16)6-5-7-11(13)17/h5-7,12,14-15,18H,3-4,8-9H2,1-2H3. The Morgan fingerprint density at radius 2 is 1.85 bits per heavy atom. The molecule has 1 saturated heterocycles. The Kier molecular flexibility index (Phi) is 6.18. The first kappa shape index (κ1) is 16.1. The minimum absolute atomic E-state index is 0.202. The molecule has 112 valence electrons. The Morgan fingerprint density at radius 1 is 1.20 bits per heavy atom. The van der Waals surface area contributed by atoms with Crippen molar-refractivity contribution in [3.05, 3.63) is 35.4 Å². The molecule has 1 N–H and O–H groups in total. The molecule has 3 unspecified atom stereocenters. The van der Waals surface area contributed by atoms with Crippen molar-refractivity contribution in [1.82, 2.24) is 5.32 Å². The van der Waals surface area contributed by atoms with Gasteiger partial charge in [-0.25, -0.2) is 8.78 Å². The topological polar surface area (TPSA) is 12.0 Å². The molecule has 0 spiro atoms. The van der Waals surface area contributed by atoms with Gasteiger partial charge in [-0.2, -0.15) is 23.5 Å². The van der Waals surface area contributed by atoms with Crippen LogP contribution in [0.5, 0.6) is 0 Å². The van der Waals surface area contributed by atoms with Crippen LogP contribution in [0.1, 0.15) is 31.9 Å². The van der Waals surface area contributed by atoms with E-state index in [0.29, 0.717) is 11.8 Å². The van der Waals surface area contributed by atoms with Gasteiger partial charge >= 0.3 is 0 Å². The van der Waals surface area contributed by atoms with Gasteiger partial charge in [-0.3, -0.25) is 0 Å². The summed E-state index contributed by atoms with van der Waals surface area (Å²) in [7, 11) is 0. The fraction of sp³-hybridized carbons (Fsp3) is 0.600. The molecule has 0 amide bonds. The first-order valence-electron chi connectivity index (χ1n) is 7.09. The fourth-order valence-corrected chi connectivity index (χ4v) is 5.89. The molecule has 1 aromatic rings. The van der Waals surface area contributed by atoms with Crippen LogP contribution >= 0.6 is 23.5 Å². The van der Waals surface area contributed by atoms with Gasteiger partial charge < -0.3 is 5.32 Å². The van der Waals surface area contributed by atoms with Gasteiger partial charge in [0.1, 0.15) is 11.6 Å². The summed E-state index contributed by atoms with van der Waals surface area (Å²) in [4.78, 5) is 0. The quantitative estimate of drug-likeness (QED) is 0.872. The summed E-state index contributed by atoms with van der Waals surface area (Å²) in [5.74, 6) is 1.28. The zero-order valence-corrected chi connectivity index (χ0v) is 13.5.